The number of nitrogens with one attached hydrogen (secondary N) is 1. The molecule has 0 radical (unpaired) electrons. The van der Waals surface area contributed by atoms with Gasteiger partial charge in [0.15, 0.2) is 5.78 Å². The van der Waals surface area contributed by atoms with Crippen LogP contribution in [0, 0.1) is 0 Å². The van der Waals surface area contributed by atoms with E-state index in [0.717, 1.165) is 25.7 Å². The summed E-state index contributed by atoms with van der Waals surface area (Å²) in [5, 5.41) is 3.62. The monoisotopic (exact) mass is 376 g/mol. The van der Waals surface area contributed by atoms with E-state index in [1.165, 1.54) is 11.8 Å². The number of halogens is 2. The van der Waals surface area contributed by atoms with Crippen LogP contribution in [0.2, 0.25) is 5.02 Å². The second kappa shape index (κ2) is 10.2. The zero-order valence-electron chi connectivity index (χ0n) is 12.8. The molecule has 128 valence electrons. The third kappa shape index (κ3) is 7.12. The van der Waals surface area contributed by atoms with E-state index in [0.29, 0.717) is 22.1 Å². The standard InChI is InChI=1S/C16H21ClN2O2S.ClH/c17-12-3-1-11(2-4-12)15(20)9-22-10-16(21)19-14-7-5-13(18)6-8-14;/h1-4,13-14H,5-10,18H2,(H,19,21);1H. The molecule has 0 unspecified atom stereocenters. The molecular weight excluding hydrogens is 355 g/mol. The van der Waals surface area contributed by atoms with Crippen LogP contribution in [0.4, 0.5) is 0 Å². The van der Waals surface area contributed by atoms with Gasteiger partial charge in [0.2, 0.25) is 5.91 Å². The highest BCUT2D eigenvalue weighted by Gasteiger charge is 2.20. The number of Topliss-reactive ketones (excluding diaryl/α,β-unsaturated/α-hetero) is 1. The summed E-state index contributed by atoms with van der Waals surface area (Å²) in [5.74, 6) is 0.611. The molecule has 1 aromatic rings. The van der Waals surface area contributed by atoms with Crippen molar-refractivity contribution in [2.24, 2.45) is 5.73 Å². The molecule has 23 heavy (non-hydrogen) atoms. The van der Waals surface area contributed by atoms with Crippen LogP contribution < -0.4 is 11.1 Å². The van der Waals surface area contributed by atoms with E-state index in [1.54, 1.807) is 24.3 Å². The summed E-state index contributed by atoms with van der Waals surface area (Å²) in [6.45, 7) is 0. The SMILES string of the molecule is Cl.NC1CCC(NC(=O)CSCC(=O)c2ccc(Cl)cc2)CC1. The summed E-state index contributed by atoms with van der Waals surface area (Å²) >= 11 is 7.12. The van der Waals surface area contributed by atoms with Crippen LogP contribution in [-0.4, -0.2) is 35.3 Å². The molecule has 1 aliphatic rings. The second-order valence-corrected chi connectivity index (χ2v) is 7.02. The maximum Gasteiger partial charge on any atom is 0.230 e. The number of hydrogen-bond donors (Lipinski definition) is 2. The lowest BCUT2D eigenvalue weighted by Crippen LogP contribution is -2.41. The van der Waals surface area contributed by atoms with Gasteiger partial charge in [-0.1, -0.05) is 11.6 Å². The quantitative estimate of drug-likeness (QED) is 0.748. The summed E-state index contributed by atoms with van der Waals surface area (Å²) in [5.41, 5.74) is 6.47. The number of rotatable bonds is 6. The van der Waals surface area contributed by atoms with Gasteiger partial charge in [0.05, 0.1) is 11.5 Å². The van der Waals surface area contributed by atoms with Crippen LogP contribution >= 0.6 is 35.8 Å². The minimum Gasteiger partial charge on any atom is -0.353 e. The number of hydrogen-bond acceptors (Lipinski definition) is 4. The van der Waals surface area contributed by atoms with E-state index in [1.807, 2.05) is 0 Å². The first-order valence-electron chi connectivity index (χ1n) is 7.46. The van der Waals surface area contributed by atoms with Gasteiger partial charge in [-0.05, 0) is 49.9 Å². The van der Waals surface area contributed by atoms with Crippen molar-refractivity contribution in [1.82, 2.24) is 5.32 Å². The molecule has 1 aromatic carbocycles. The number of carbonyl (C=O) groups is 2. The van der Waals surface area contributed by atoms with Gasteiger partial charge in [-0.3, -0.25) is 9.59 Å². The molecule has 1 aliphatic carbocycles. The first-order chi connectivity index (χ1) is 10.5. The van der Waals surface area contributed by atoms with Crippen molar-refractivity contribution in [2.45, 2.75) is 37.8 Å². The minimum atomic E-state index is -0.00521. The zero-order valence-corrected chi connectivity index (χ0v) is 15.2. The Morgan fingerprint density at radius 3 is 2.35 bits per heavy atom. The van der Waals surface area contributed by atoms with Crippen molar-refractivity contribution in [3.63, 3.8) is 0 Å². The highest BCUT2D eigenvalue weighted by atomic mass is 35.5. The summed E-state index contributed by atoms with van der Waals surface area (Å²) in [4.78, 5) is 23.8. The van der Waals surface area contributed by atoms with Crippen molar-refractivity contribution in [3.8, 4) is 0 Å². The van der Waals surface area contributed by atoms with Crippen LogP contribution in [0.3, 0.4) is 0 Å². The Bertz CT molecular complexity index is 517. The Kier molecular flexibility index (Phi) is 8.99. The molecule has 1 saturated carbocycles. The van der Waals surface area contributed by atoms with Gasteiger partial charge in [-0.25, -0.2) is 0 Å². The van der Waals surface area contributed by atoms with E-state index in [2.05, 4.69) is 5.32 Å². The Labute approximate surface area is 152 Å². The molecule has 3 N–H and O–H groups in total. The molecular formula is C16H22Cl2N2O2S. The van der Waals surface area contributed by atoms with E-state index < -0.39 is 0 Å². The molecule has 1 amide bonds. The largest absolute Gasteiger partial charge is 0.353 e. The molecule has 0 aliphatic heterocycles. The predicted molar refractivity (Wildman–Crippen MR) is 98.7 cm³/mol. The highest BCUT2D eigenvalue weighted by molar-refractivity contribution is 8.00. The molecule has 7 heteroatoms. The van der Waals surface area contributed by atoms with E-state index >= 15 is 0 Å². The van der Waals surface area contributed by atoms with Crippen LogP contribution in [0.25, 0.3) is 0 Å². The number of amides is 1. The molecule has 4 nitrogen and oxygen atoms in total. The highest BCUT2D eigenvalue weighted by Crippen LogP contribution is 2.17. The first kappa shape index (κ1) is 20.3. The third-order valence-corrected chi connectivity index (χ3v) is 4.95. The van der Waals surface area contributed by atoms with Crippen LogP contribution in [0.5, 0.6) is 0 Å². The topological polar surface area (TPSA) is 72.2 Å². The Balaban J connectivity index is 0.00000264. The number of nitrogens with two attached hydrogens (primary N) is 1. The van der Waals surface area contributed by atoms with Crippen LogP contribution in [0.15, 0.2) is 24.3 Å². The second-order valence-electron chi connectivity index (χ2n) is 5.60. The first-order valence-corrected chi connectivity index (χ1v) is 8.99. The summed E-state index contributed by atoms with van der Waals surface area (Å²) < 4.78 is 0. The fraction of sp³-hybridized carbons (Fsp3) is 0.500. The Hall–Kier alpha value is -0.750. The molecule has 0 bridgehead atoms. The molecule has 1 fully saturated rings. The minimum absolute atomic E-state index is 0. The number of carbonyl (C=O) groups excluding carboxylic acids is 2. The smallest absolute Gasteiger partial charge is 0.230 e. The van der Waals surface area contributed by atoms with Crippen LogP contribution in [-0.2, 0) is 4.79 Å². The maximum absolute atomic E-state index is 12.0. The normalized spacial score (nSPS) is 20.4. The summed E-state index contributed by atoms with van der Waals surface area (Å²) in [6, 6.07) is 7.31. The van der Waals surface area contributed by atoms with Gasteiger partial charge in [0.25, 0.3) is 0 Å². The number of thioether (sulfide) groups is 1. The lowest BCUT2D eigenvalue weighted by Gasteiger charge is -2.26. The molecule has 2 rings (SSSR count). The molecule has 0 heterocycles. The maximum atomic E-state index is 12.0. The van der Waals surface area contributed by atoms with Crippen molar-refractivity contribution in [1.29, 1.82) is 0 Å². The Morgan fingerprint density at radius 1 is 1.13 bits per heavy atom. The van der Waals surface area contributed by atoms with Crippen molar-refractivity contribution >= 4 is 47.5 Å². The molecule has 0 saturated heterocycles. The third-order valence-electron chi connectivity index (χ3n) is 3.77. The fourth-order valence-electron chi connectivity index (χ4n) is 2.49. The number of benzene rings is 1. The lowest BCUT2D eigenvalue weighted by atomic mass is 9.92. The molecule has 0 aromatic heterocycles. The van der Waals surface area contributed by atoms with E-state index in [9.17, 15) is 9.59 Å². The van der Waals surface area contributed by atoms with Crippen molar-refractivity contribution in [2.75, 3.05) is 11.5 Å². The predicted octanol–water partition coefficient (Wildman–Crippen LogP) is 3.06. The zero-order chi connectivity index (χ0) is 15.9. The van der Waals surface area contributed by atoms with Crippen molar-refractivity contribution in [3.05, 3.63) is 34.9 Å². The Morgan fingerprint density at radius 2 is 1.74 bits per heavy atom. The van der Waals surface area contributed by atoms with Crippen LogP contribution in [0.1, 0.15) is 36.0 Å². The average Bonchev–Trinajstić information content (AvgIpc) is 2.50. The lowest BCUT2D eigenvalue weighted by molar-refractivity contribution is -0.119. The van der Waals surface area contributed by atoms with Gasteiger partial charge >= 0.3 is 0 Å². The van der Waals surface area contributed by atoms with E-state index in [-0.39, 0.29) is 36.2 Å². The molecule has 0 spiro atoms. The van der Waals surface area contributed by atoms with Gasteiger partial charge in [0.1, 0.15) is 0 Å². The summed E-state index contributed by atoms with van der Waals surface area (Å²) in [6.07, 6.45) is 3.82. The van der Waals surface area contributed by atoms with Gasteiger partial charge < -0.3 is 11.1 Å². The molecule has 0 atom stereocenters. The number of ketones is 1. The van der Waals surface area contributed by atoms with Gasteiger partial charge in [0, 0.05) is 22.7 Å². The van der Waals surface area contributed by atoms with Crippen molar-refractivity contribution < 1.29 is 9.59 Å². The van der Waals surface area contributed by atoms with Gasteiger partial charge in [-0.15, -0.1) is 24.2 Å². The fourth-order valence-corrected chi connectivity index (χ4v) is 3.34. The van der Waals surface area contributed by atoms with Gasteiger partial charge in [-0.2, -0.15) is 0 Å². The van der Waals surface area contributed by atoms with E-state index in [4.69, 9.17) is 17.3 Å². The summed E-state index contributed by atoms with van der Waals surface area (Å²) in [7, 11) is 0. The average molecular weight is 377 g/mol.